The molecule has 0 radical (unpaired) electrons. The summed E-state index contributed by atoms with van der Waals surface area (Å²) in [5, 5.41) is 3.17. The quantitative estimate of drug-likeness (QED) is 0.843. The van der Waals surface area contributed by atoms with Crippen molar-refractivity contribution in [3.63, 3.8) is 0 Å². The summed E-state index contributed by atoms with van der Waals surface area (Å²) in [5.74, 6) is 0.602. The van der Waals surface area contributed by atoms with E-state index < -0.39 is 0 Å². The molecular weight excluding hydrogens is 353 g/mol. The van der Waals surface area contributed by atoms with Crippen LogP contribution in [0.2, 0.25) is 0 Å². The molecule has 1 aromatic heterocycles. The fraction of sp³-hybridized carbons (Fsp3) is 0.167. The van der Waals surface area contributed by atoms with Gasteiger partial charge in [0.15, 0.2) is 4.67 Å². The smallest absolute Gasteiger partial charge is 0.183 e. The Morgan fingerprint density at radius 1 is 1.29 bits per heavy atom. The molecular formula is C12H10Br2FNO. The third-order valence-corrected chi connectivity index (χ3v) is 4.03. The molecule has 1 N–H and O–H groups in total. The first kappa shape index (κ1) is 12.6. The van der Waals surface area contributed by atoms with Crippen LogP contribution in [0.15, 0.2) is 37.8 Å². The maximum atomic E-state index is 13.1. The molecule has 0 aliphatic heterocycles. The van der Waals surface area contributed by atoms with E-state index in [9.17, 15) is 4.39 Å². The third-order valence-electron chi connectivity index (χ3n) is 2.32. The highest BCUT2D eigenvalue weighted by Gasteiger charge is 2.06. The monoisotopic (exact) mass is 361 g/mol. The maximum absolute atomic E-state index is 13.1. The van der Waals surface area contributed by atoms with Crippen molar-refractivity contribution >= 4 is 37.5 Å². The number of hydrogen-bond acceptors (Lipinski definition) is 2. The fourth-order valence-electron chi connectivity index (χ4n) is 1.42. The van der Waals surface area contributed by atoms with Crippen LogP contribution in [0.25, 0.3) is 0 Å². The minimum atomic E-state index is -0.195. The van der Waals surface area contributed by atoms with Gasteiger partial charge in [-0.15, -0.1) is 0 Å². The molecule has 0 atom stereocenters. The Bertz CT molecular complexity index is 520. The molecule has 17 heavy (non-hydrogen) atoms. The Balaban J connectivity index is 2.04. The van der Waals surface area contributed by atoms with Gasteiger partial charge < -0.3 is 9.73 Å². The molecule has 90 valence electrons. The topological polar surface area (TPSA) is 25.2 Å². The Morgan fingerprint density at radius 2 is 2.06 bits per heavy atom. The Labute approximate surface area is 115 Å². The van der Waals surface area contributed by atoms with Crippen molar-refractivity contribution in [2.45, 2.75) is 13.5 Å². The van der Waals surface area contributed by atoms with Crippen LogP contribution in [0.3, 0.4) is 0 Å². The molecule has 2 nitrogen and oxygen atoms in total. The lowest BCUT2D eigenvalue weighted by molar-refractivity contribution is 0.494. The lowest BCUT2D eigenvalue weighted by Gasteiger charge is -2.05. The van der Waals surface area contributed by atoms with E-state index in [2.05, 4.69) is 37.2 Å². The summed E-state index contributed by atoms with van der Waals surface area (Å²) in [4.78, 5) is 0. The summed E-state index contributed by atoms with van der Waals surface area (Å²) >= 11 is 6.62. The molecule has 0 bridgehead atoms. The molecule has 0 spiro atoms. The maximum Gasteiger partial charge on any atom is 0.183 e. The molecule has 5 heteroatoms. The number of rotatable bonds is 3. The number of aryl methyl sites for hydroxylation is 1. The Hall–Kier alpha value is -0.810. The van der Waals surface area contributed by atoms with Gasteiger partial charge in [-0.25, -0.2) is 4.39 Å². The lowest BCUT2D eigenvalue weighted by Crippen LogP contribution is -1.98. The van der Waals surface area contributed by atoms with E-state index in [0.717, 1.165) is 15.9 Å². The third kappa shape index (κ3) is 3.10. The Kier molecular flexibility index (Phi) is 3.89. The zero-order valence-electron chi connectivity index (χ0n) is 9.06. The minimum absolute atomic E-state index is 0.195. The van der Waals surface area contributed by atoms with E-state index in [0.29, 0.717) is 16.8 Å². The van der Waals surface area contributed by atoms with Gasteiger partial charge in [0.05, 0.1) is 11.0 Å². The summed E-state index contributed by atoms with van der Waals surface area (Å²) in [6.07, 6.45) is 0. The first-order chi connectivity index (χ1) is 8.06. The van der Waals surface area contributed by atoms with Crippen LogP contribution >= 0.6 is 31.9 Å². The van der Waals surface area contributed by atoms with Crippen molar-refractivity contribution in [2.24, 2.45) is 0 Å². The van der Waals surface area contributed by atoms with Crippen molar-refractivity contribution in [3.8, 4) is 0 Å². The van der Waals surface area contributed by atoms with Crippen LogP contribution in [0.5, 0.6) is 0 Å². The normalized spacial score (nSPS) is 10.6. The second kappa shape index (κ2) is 5.23. The molecule has 0 aliphatic carbocycles. The van der Waals surface area contributed by atoms with Crippen LogP contribution in [0.4, 0.5) is 10.1 Å². The molecule has 1 heterocycles. The molecule has 0 fully saturated rings. The molecule has 2 aromatic rings. The van der Waals surface area contributed by atoms with Crippen molar-refractivity contribution in [1.82, 2.24) is 0 Å². The van der Waals surface area contributed by atoms with Crippen molar-refractivity contribution < 1.29 is 8.81 Å². The first-order valence-corrected chi connectivity index (χ1v) is 6.58. The van der Waals surface area contributed by atoms with E-state index in [1.165, 1.54) is 6.07 Å². The first-order valence-electron chi connectivity index (χ1n) is 5.00. The summed E-state index contributed by atoms with van der Waals surface area (Å²) in [6.45, 7) is 2.29. The van der Waals surface area contributed by atoms with Gasteiger partial charge in [0.25, 0.3) is 0 Å². The summed E-state index contributed by atoms with van der Waals surface area (Å²) in [6, 6.07) is 6.80. The van der Waals surface area contributed by atoms with Gasteiger partial charge in [0.1, 0.15) is 11.6 Å². The van der Waals surface area contributed by atoms with Gasteiger partial charge in [-0.3, -0.25) is 0 Å². The zero-order chi connectivity index (χ0) is 12.4. The van der Waals surface area contributed by atoms with E-state index in [-0.39, 0.29) is 5.82 Å². The van der Waals surface area contributed by atoms with Gasteiger partial charge in [-0.1, -0.05) is 0 Å². The minimum Gasteiger partial charge on any atom is -0.451 e. The van der Waals surface area contributed by atoms with Crippen LogP contribution in [0.1, 0.15) is 11.3 Å². The number of halogens is 3. The van der Waals surface area contributed by atoms with E-state index in [1.807, 2.05) is 6.07 Å². The highest BCUT2D eigenvalue weighted by molar-refractivity contribution is 9.13. The second-order valence-electron chi connectivity index (χ2n) is 3.65. The van der Waals surface area contributed by atoms with Crippen LogP contribution in [-0.4, -0.2) is 0 Å². The second-order valence-corrected chi connectivity index (χ2v) is 5.23. The summed E-state index contributed by atoms with van der Waals surface area (Å²) in [7, 11) is 0. The van der Waals surface area contributed by atoms with Crippen LogP contribution in [-0.2, 0) is 6.54 Å². The van der Waals surface area contributed by atoms with Gasteiger partial charge in [-0.05, 0) is 68.6 Å². The van der Waals surface area contributed by atoms with Gasteiger partial charge in [0.2, 0.25) is 0 Å². The number of benzene rings is 1. The standard InChI is InChI=1S/C12H10Br2FNO/c1-7-4-8(2-3-11(7)15)16-6-9-5-10(13)12(14)17-9/h2-5,16H,6H2,1H3. The average molecular weight is 363 g/mol. The SMILES string of the molecule is Cc1cc(NCc2cc(Br)c(Br)o2)ccc1F. The van der Waals surface area contributed by atoms with E-state index in [1.54, 1.807) is 19.1 Å². The van der Waals surface area contributed by atoms with Crippen molar-refractivity contribution in [2.75, 3.05) is 5.32 Å². The number of furan rings is 1. The average Bonchev–Trinajstić information content (AvgIpc) is 2.60. The largest absolute Gasteiger partial charge is 0.451 e. The predicted molar refractivity (Wildman–Crippen MR) is 72.6 cm³/mol. The van der Waals surface area contributed by atoms with Crippen molar-refractivity contribution in [3.05, 3.63) is 50.5 Å². The Morgan fingerprint density at radius 3 is 2.65 bits per heavy atom. The molecule has 0 unspecified atom stereocenters. The molecule has 1 aromatic carbocycles. The molecule has 0 amide bonds. The highest BCUT2D eigenvalue weighted by atomic mass is 79.9. The molecule has 0 saturated carbocycles. The zero-order valence-corrected chi connectivity index (χ0v) is 12.2. The van der Waals surface area contributed by atoms with E-state index >= 15 is 0 Å². The lowest BCUT2D eigenvalue weighted by atomic mass is 10.2. The van der Waals surface area contributed by atoms with Crippen LogP contribution in [0, 0.1) is 12.7 Å². The number of hydrogen-bond donors (Lipinski definition) is 1. The van der Waals surface area contributed by atoms with Crippen LogP contribution < -0.4 is 5.32 Å². The number of anilines is 1. The van der Waals surface area contributed by atoms with Gasteiger partial charge in [0, 0.05) is 5.69 Å². The van der Waals surface area contributed by atoms with Gasteiger partial charge in [-0.2, -0.15) is 0 Å². The predicted octanol–water partition coefficient (Wildman–Crippen LogP) is 4.86. The molecule has 2 rings (SSSR count). The highest BCUT2D eigenvalue weighted by Crippen LogP contribution is 2.27. The summed E-state index contributed by atoms with van der Waals surface area (Å²) in [5.41, 5.74) is 1.49. The molecule has 0 aliphatic rings. The summed E-state index contributed by atoms with van der Waals surface area (Å²) < 4.78 is 20.0. The van der Waals surface area contributed by atoms with Gasteiger partial charge >= 0.3 is 0 Å². The molecule has 0 saturated heterocycles. The number of nitrogens with one attached hydrogen (secondary N) is 1. The van der Waals surface area contributed by atoms with E-state index in [4.69, 9.17) is 4.42 Å². The van der Waals surface area contributed by atoms with Crippen molar-refractivity contribution in [1.29, 1.82) is 0 Å². The fourth-order valence-corrected chi connectivity index (χ4v) is 2.08.